The summed E-state index contributed by atoms with van der Waals surface area (Å²) < 4.78 is 4.99. The fourth-order valence-corrected chi connectivity index (χ4v) is 2.82. The molecule has 0 aliphatic heterocycles. The number of aromatic hydroxyl groups is 1. The number of ether oxygens (including phenoxy) is 1. The Morgan fingerprint density at radius 1 is 1.00 bits per heavy atom. The van der Waals surface area contributed by atoms with Crippen molar-refractivity contribution in [2.24, 2.45) is 5.10 Å². The van der Waals surface area contributed by atoms with E-state index in [0.29, 0.717) is 22.4 Å². The van der Waals surface area contributed by atoms with Crippen LogP contribution in [0.3, 0.4) is 0 Å². The standard InChI is InChI=1S/C22H20N2O4/c1-28-20-13-12-16(14-19(20)25)15-23-24-21(26)22(27,17-8-4-2-5-9-17)18-10-6-3-7-11-18/h2-15,25,27H,1H3,(H,24,26). The van der Waals surface area contributed by atoms with Gasteiger partial charge in [0.15, 0.2) is 17.1 Å². The molecule has 1 amide bonds. The number of phenols is 1. The van der Waals surface area contributed by atoms with Crippen LogP contribution in [-0.4, -0.2) is 29.4 Å². The molecule has 3 N–H and O–H groups in total. The number of aliphatic hydroxyl groups is 1. The number of hydrogen-bond donors (Lipinski definition) is 3. The zero-order valence-corrected chi connectivity index (χ0v) is 15.2. The second kappa shape index (κ2) is 8.37. The van der Waals surface area contributed by atoms with Crippen molar-refractivity contribution in [2.45, 2.75) is 5.60 Å². The summed E-state index contributed by atoms with van der Waals surface area (Å²) in [5, 5.41) is 25.0. The van der Waals surface area contributed by atoms with Gasteiger partial charge in [-0.05, 0) is 34.9 Å². The quantitative estimate of drug-likeness (QED) is 0.456. The van der Waals surface area contributed by atoms with Crippen molar-refractivity contribution < 1.29 is 19.7 Å². The largest absolute Gasteiger partial charge is 0.504 e. The molecule has 3 rings (SSSR count). The minimum Gasteiger partial charge on any atom is -0.504 e. The highest BCUT2D eigenvalue weighted by Gasteiger charge is 2.39. The molecule has 0 unspecified atom stereocenters. The van der Waals surface area contributed by atoms with E-state index in [1.54, 1.807) is 72.8 Å². The Morgan fingerprint density at radius 2 is 1.57 bits per heavy atom. The molecule has 0 radical (unpaired) electrons. The van der Waals surface area contributed by atoms with E-state index < -0.39 is 11.5 Å². The van der Waals surface area contributed by atoms with Crippen molar-refractivity contribution in [2.75, 3.05) is 7.11 Å². The molecule has 0 fully saturated rings. The third-order valence-corrected chi connectivity index (χ3v) is 4.29. The van der Waals surface area contributed by atoms with Crippen LogP contribution >= 0.6 is 0 Å². The molecule has 6 nitrogen and oxygen atoms in total. The van der Waals surface area contributed by atoms with Crippen LogP contribution in [0.15, 0.2) is 84.0 Å². The van der Waals surface area contributed by atoms with Crippen molar-refractivity contribution >= 4 is 12.1 Å². The maximum Gasteiger partial charge on any atom is 0.281 e. The second-order valence-electron chi connectivity index (χ2n) is 6.07. The molecule has 0 aliphatic carbocycles. The lowest BCUT2D eigenvalue weighted by atomic mass is 9.85. The first kappa shape index (κ1) is 19.1. The fraction of sp³-hybridized carbons (Fsp3) is 0.0909. The predicted octanol–water partition coefficient (Wildman–Crippen LogP) is 2.79. The molecule has 3 aromatic carbocycles. The van der Waals surface area contributed by atoms with Crippen LogP contribution in [0, 0.1) is 0 Å². The zero-order valence-electron chi connectivity index (χ0n) is 15.2. The molecule has 0 atom stereocenters. The van der Waals surface area contributed by atoms with Gasteiger partial charge in [-0.1, -0.05) is 60.7 Å². The van der Waals surface area contributed by atoms with Gasteiger partial charge in [-0.25, -0.2) is 5.43 Å². The molecular formula is C22H20N2O4. The van der Waals surface area contributed by atoms with E-state index in [0.717, 1.165) is 0 Å². The van der Waals surface area contributed by atoms with Gasteiger partial charge in [0.05, 0.1) is 13.3 Å². The van der Waals surface area contributed by atoms with Crippen LogP contribution in [0.25, 0.3) is 0 Å². The number of hydrazone groups is 1. The molecule has 0 saturated carbocycles. The maximum atomic E-state index is 12.9. The highest BCUT2D eigenvalue weighted by atomic mass is 16.5. The van der Waals surface area contributed by atoms with Crippen LogP contribution in [0.1, 0.15) is 16.7 Å². The van der Waals surface area contributed by atoms with Crippen molar-refractivity contribution in [3.8, 4) is 11.5 Å². The number of carbonyl (C=O) groups is 1. The topological polar surface area (TPSA) is 91.2 Å². The Balaban J connectivity index is 1.86. The molecule has 6 heteroatoms. The van der Waals surface area contributed by atoms with Crippen molar-refractivity contribution in [1.82, 2.24) is 5.43 Å². The van der Waals surface area contributed by atoms with E-state index in [9.17, 15) is 15.0 Å². The molecule has 28 heavy (non-hydrogen) atoms. The van der Waals surface area contributed by atoms with Gasteiger partial charge in [0.2, 0.25) is 0 Å². The SMILES string of the molecule is COc1ccc(C=NNC(=O)C(O)(c2ccccc2)c2ccccc2)cc1O. The number of nitrogens with zero attached hydrogens (tertiary/aromatic N) is 1. The Bertz CT molecular complexity index is 933. The number of methoxy groups -OCH3 is 1. The van der Waals surface area contributed by atoms with Gasteiger partial charge in [-0.2, -0.15) is 5.10 Å². The van der Waals surface area contributed by atoms with Crippen LogP contribution < -0.4 is 10.2 Å². The maximum absolute atomic E-state index is 12.9. The first-order valence-electron chi connectivity index (χ1n) is 8.59. The minimum absolute atomic E-state index is 0.0390. The summed E-state index contributed by atoms with van der Waals surface area (Å²) in [7, 11) is 1.46. The number of rotatable bonds is 6. The molecular weight excluding hydrogens is 356 g/mol. The van der Waals surface area contributed by atoms with Crippen molar-refractivity contribution in [3.05, 3.63) is 95.6 Å². The van der Waals surface area contributed by atoms with E-state index in [2.05, 4.69) is 10.5 Å². The van der Waals surface area contributed by atoms with E-state index >= 15 is 0 Å². The minimum atomic E-state index is -1.90. The molecule has 0 aliphatic rings. The third kappa shape index (κ3) is 3.87. The molecule has 0 spiro atoms. The average molecular weight is 376 g/mol. The molecule has 142 valence electrons. The monoisotopic (exact) mass is 376 g/mol. The normalized spacial score (nSPS) is 11.4. The third-order valence-electron chi connectivity index (χ3n) is 4.29. The summed E-state index contributed by atoms with van der Waals surface area (Å²) in [5.41, 5.74) is 1.89. The molecule has 0 bridgehead atoms. The van der Waals surface area contributed by atoms with Gasteiger partial charge in [0.1, 0.15) is 0 Å². The second-order valence-corrected chi connectivity index (χ2v) is 6.07. The van der Waals surface area contributed by atoms with Crippen LogP contribution in [0.2, 0.25) is 0 Å². The van der Waals surface area contributed by atoms with Crippen LogP contribution in [0.4, 0.5) is 0 Å². The first-order valence-corrected chi connectivity index (χ1v) is 8.59. The molecule has 0 aromatic heterocycles. The lowest BCUT2D eigenvalue weighted by molar-refractivity contribution is -0.136. The lowest BCUT2D eigenvalue weighted by Gasteiger charge is -2.27. The highest BCUT2D eigenvalue weighted by molar-refractivity contribution is 5.91. The van der Waals surface area contributed by atoms with E-state index in [1.165, 1.54) is 19.4 Å². The number of benzene rings is 3. The van der Waals surface area contributed by atoms with Gasteiger partial charge in [0, 0.05) is 0 Å². The van der Waals surface area contributed by atoms with Gasteiger partial charge < -0.3 is 14.9 Å². The summed E-state index contributed by atoms with van der Waals surface area (Å²) in [5.74, 6) is -0.398. The zero-order chi connectivity index (χ0) is 20.0. The summed E-state index contributed by atoms with van der Waals surface area (Å²) in [6.07, 6.45) is 1.37. The fourth-order valence-electron chi connectivity index (χ4n) is 2.82. The Hall–Kier alpha value is -3.64. The molecule has 0 heterocycles. The molecule has 3 aromatic rings. The van der Waals surface area contributed by atoms with E-state index in [4.69, 9.17) is 4.74 Å². The Morgan fingerprint density at radius 3 is 2.07 bits per heavy atom. The van der Waals surface area contributed by atoms with Gasteiger partial charge in [-0.15, -0.1) is 0 Å². The Labute approximate surface area is 162 Å². The lowest BCUT2D eigenvalue weighted by Crippen LogP contribution is -2.43. The molecule has 0 saturated heterocycles. The van der Waals surface area contributed by atoms with Crippen molar-refractivity contribution in [1.29, 1.82) is 0 Å². The average Bonchev–Trinajstić information content (AvgIpc) is 2.74. The predicted molar refractivity (Wildman–Crippen MR) is 106 cm³/mol. The first-order chi connectivity index (χ1) is 13.6. The van der Waals surface area contributed by atoms with Crippen LogP contribution in [-0.2, 0) is 10.4 Å². The number of amides is 1. The smallest absolute Gasteiger partial charge is 0.281 e. The number of carbonyl (C=O) groups excluding carboxylic acids is 1. The van der Waals surface area contributed by atoms with Gasteiger partial charge >= 0.3 is 0 Å². The summed E-state index contributed by atoms with van der Waals surface area (Å²) in [6.45, 7) is 0. The summed E-state index contributed by atoms with van der Waals surface area (Å²) in [6, 6.07) is 22.0. The van der Waals surface area contributed by atoms with Gasteiger partial charge in [0.25, 0.3) is 5.91 Å². The summed E-state index contributed by atoms with van der Waals surface area (Å²) >= 11 is 0. The van der Waals surface area contributed by atoms with Gasteiger partial charge in [-0.3, -0.25) is 4.79 Å². The van der Waals surface area contributed by atoms with Crippen molar-refractivity contribution in [3.63, 3.8) is 0 Å². The van der Waals surface area contributed by atoms with E-state index in [1.807, 2.05) is 0 Å². The van der Waals surface area contributed by atoms with Crippen LogP contribution in [0.5, 0.6) is 11.5 Å². The number of hydrogen-bond acceptors (Lipinski definition) is 5. The Kier molecular flexibility index (Phi) is 5.72. The number of phenolic OH excluding ortho intramolecular Hbond substituents is 1. The number of nitrogens with one attached hydrogen (secondary N) is 1. The highest BCUT2D eigenvalue weighted by Crippen LogP contribution is 2.30. The summed E-state index contributed by atoms with van der Waals surface area (Å²) in [4.78, 5) is 12.9. The van der Waals surface area contributed by atoms with E-state index in [-0.39, 0.29) is 5.75 Å².